The van der Waals surface area contributed by atoms with E-state index in [0.717, 1.165) is 53.6 Å². The summed E-state index contributed by atoms with van der Waals surface area (Å²) in [6.07, 6.45) is 1.19. The Balaban J connectivity index is 1.11. The van der Waals surface area contributed by atoms with E-state index in [2.05, 4.69) is 35.3 Å². The smallest absolute Gasteiger partial charge is 0.407 e. The normalized spacial score (nSPS) is 18.7. The summed E-state index contributed by atoms with van der Waals surface area (Å²) in [6.45, 7) is 5.72. The third-order valence-electron chi connectivity index (χ3n) is 10.5. The van der Waals surface area contributed by atoms with Crippen LogP contribution in [0, 0.1) is 11.8 Å². The van der Waals surface area contributed by atoms with Crippen LogP contribution in [0.25, 0.3) is 33.6 Å². The highest BCUT2D eigenvalue weighted by Crippen LogP contribution is 2.35. The van der Waals surface area contributed by atoms with Crippen LogP contribution in [-0.4, -0.2) is 97.6 Å². The number of likely N-dealkylation sites (tertiary alicyclic amines) is 2. The first-order chi connectivity index (χ1) is 26.4. The molecule has 16 heteroatoms. The molecule has 2 aliphatic heterocycles. The Bertz CT molecular complexity index is 1980. The Hall–Kier alpha value is -5.80. The minimum absolute atomic E-state index is 0.204. The third kappa shape index (κ3) is 8.47. The molecule has 292 valence electrons. The average Bonchev–Trinajstić information content (AvgIpc) is 4.02. The lowest BCUT2D eigenvalue weighted by molar-refractivity contribution is -0.137. The number of alkyl halides is 2. The van der Waals surface area contributed by atoms with Crippen molar-refractivity contribution in [1.29, 1.82) is 0 Å². The minimum atomic E-state index is -2.82. The van der Waals surface area contributed by atoms with Gasteiger partial charge in [-0.3, -0.25) is 9.59 Å². The maximum Gasteiger partial charge on any atom is 0.407 e. The number of amides is 4. The van der Waals surface area contributed by atoms with Crippen LogP contribution in [0.1, 0.15) is 70.2 Å². The van der Waals surface area contributed by atoms with Gasteiger partial charge in [-0.25, -0.2) is 28.3 Å². The first kappa shape index (κ1) is 38.9. The van der Waals surface area contributed by atoms with E-state index in [1.807, 2.05) is 62.4 Å². The molecule has 0 radical (unpaired) electrons. The van der Waals surface area contributed by atoms with E-state index in [9.17, 15) is 33.1 Å². The summed E-state index contributed by atoms with van der Waals surface area (Å²) in [6, 6.07) is 12.9. The lowest BCUT2D eigenvalue weighted by Crippen LogP contribution is -2.53. The van der Waals surface area contributed by atoms with Gasteiger partial charge in [0.2, 0.25) is 18.2 Å². The van der Waals surface area contributed by atoms with E-state index in [4.69, 9.17) is 0 Å². The maximum absolute atomic E-state index is 13.6. The van der Waals surface area contributed by atoms with Gasteiger partial charge in [-0.05, 0) is 53.9 Å². The number of ether oxygens (including phenoxy) is 1. The van der Waals surface area contributed by atoms with Gasteiger partial charge in [0.1, 0.15) is 23.7 Å². The summed E-state index contributed by atoms with van der Waals surface area (Å²) in [4.78, 5) is 69.1. The highest BCUT2D eigenvalue weighted by molar-refractivity contribution is 5.87. The van der Waals surface area contributed by atoms with Crippen LogP contribution in [0.5, 0.6) is 0 Å². The number of H-pyrrole nitrogens is 2. The Labute approximate surface area is 317 Å². The molecule has 2 saturated heterocycles. The average molecular weight is 761 g/mol. The largest absolute Gasteiger partial charge is 0.465 e. The molecule has 0 bridgehead atoms. The van der Waals surface area contributed by atoms with Crippen LogP contribution in [0.15, 0.2) is 60.9 Å². The molecule has 5 atom stereocenters. The van der Waals surface area contributed by atoms with Crippen LogP contribution < -0.4 is 10.6 Å². The van der Waals surface area contributed by atoms with Gasteiger partial charge in [0.25, 0.3) is 0 Å². The molecule has 2 fully saturated rings. The number of nitrogens with one attached hydrogen (secondary N) is 4. The number of imidazole rings is 2. The van der Waals surface area contributed by atoms with Gasteiger partial charge in [-0.15, -0.1) is 0 Å². The monoisotopic (exact) mass is 760 g/mol. The predicted octanol–water partition coefficient (Wildman–Crippen LogP) is 6.38. The Morgan fingerprint density at radius 3 is 1.58 bits per heavy atom. The highest BCUT2D eigenvalue weighted by Gasteiger charge is 2.41. The van der Waals surface area contributed by atoms with Crippen molar-refractivity contribution in [2.75, 3.05) is 20.2 Å². The zero-order valence-corrected chi connectivity index (χ0v) is 31.1. The van der Waals surface area contributed by atoms with Crippen molar-refractivity contribution in [3.05, 3.63) is 72.6 Å². The third-order valence-corrected chi connectivity index (χ3v) is 10.5. The van der Waals surface area contributed by atoms with E-state index < -0.39 is 48.6 Å². The molecule has 55 heavy (non-hydrogen) atoms. The number of carbonyl (C=O) groups excluding carboxylic acids is 3. The summed E-state index contributed by atoms with van der Waals surface area (Å²) in [5.41, 5.74) is 5.30. The maximum atomic E-state index is 13.6. The van der Waals surface area contributed by atoms with Crippen LogP contribution in [-0.2, 0) is 14.3 Å². The van der Waals surface area contributed by atoms with Crippen molar-refractivity contribution >= 4 is 24.0 Å². The molecule has 0 saturated carbocycles. The first-order valence-electron chi connectivity index (χ1n) is 18.4. The quantitative estimate of drug-likeness (QED) is 0.110. The van der Waals surface area contributed by atoms with Crippen molar-refractivity contribution in [1.82, 2.24) is 40.4 Å². The summed E-state index contributed by atoms with van der Waals surface area (Å²) in [5, 5.41) is 13.9. The molecule has 4 aromatic rings. The predicted molar refractivity (Wildman–Crippen MR) is 199 cm³/mol. The fraction of sp³-hybridized carbons (Fsp3) is 0.436. The zero-order valence-electron chi connectivity index (χ0n) is 31.1. The van der Waals surface area contributed by atoms with Gasteiger partial charge in [0.15, 0.2) is 0 Å². The second-order valence-corrected chi connectivity index (χ2v) is 14.4. The number of alkyl carbamates (subject to hydrolysis) is 1. The molecule has 0 spiro atoms. The van der Waals surface area contributed by atoms with Crippen LogP contribution >= 0.6 is 0 Å². The van der Waals surface area contributed by atoms with E-state index >= 15 is 0 Å². The Kier molecular flexibility index (Phi) is 11.8. The number of hydrogen-bond acceptors (Lipinski definition) is 7. The SMILES string of the molecule is COC(=O)N[C@H](C(=O)N1CCCC1c1ncc(-c2ccc(-c3ccc(-c4cnc([C@@H]5CCCN5C(=O)[C@@H](NC(=O)O)C(C)C)[nH]4)cc3)cc2)[nH]1)C(C)C(F)F. The van der Waals surface area contributed by atoms with E-state index in [1.54, 1.807) is 17.3 Å². The number of halogens is 2. The number of carboxylic acid groups (broad SMARTS) is 1. The van der Waals surface area contributed by atoms with Crippen molar-refractivity contribution in [2.24, 2.45) is 11.8 Å². The van der Waals surface area contributed by atoms with Gasteiger partial charge in [0, 0.05) is 19.0 Å². The molecule has 4 amide bonds. The van der Waals surface area contributed by atoms with Crippen LogP contribution in [0.2, 0.25) is 0 Å². The van der Waals surface area contributed by atoms with Crippen LogP contribution in [0.3, 0.4) is 0 Å². The van der Waals surface area contributed by atoms with Gasteiger partial charge in [-0.1, -0.05) is 69.3 Å². The molecule has 2 aromatic carbocycles. The number of nitrogens with zero attached hydrogens (tertiary/aromatic N) is 4. The molecule has 14 nitrogen and oxygen atoms in total. The molecule has 2 unspecified atom stereocenters. The zero-order chi connectivity index (χ0) is 39.4. The molecule has 2 aromatic heterocycles. The van der Waals surface area contributed by atoms with Crippen molar-refractivity contribution in [3.8, 4) is 33.6 Å². The number of benzene rings is 2. The number of aromatic amines is 2. The summed E-state index contributed by atoms with van der Waals surface area (Å²) >= 11 is 0. The van der Waals surface area contributed by atoms with Gasteiger partial charge in [-0.2, -0.15) is 0 Å². The van der Waals surface area contributed by atoms with Gasteiger partial charge < -0.3 is 40.2 Å². The topological polar surface area (TPSA) is 186 Å². The van der Waals surface area contributed by atoms with Crippen molar-refractivity contribution < 1.29 is 37.8 Å². The number of aromatic nitrogens is 4. The van der Waals surface area contributed by atoms with Crippen molar-refractivity contribution in [2.45, 2.75) is 77.0 Å². The van der Waals surface area contributed by atoms with Crippen LogP contribution in [0.4, 0.5) is 18.4 Å². The summed E-state index contributed by atoms with van der Waals surface area (Å²) in [7, 11) is 1.11. The molecular weight excluding hydrogens is 714 g/mol. The fourth-order valence-corrected chi connectivity index (χ4v) is 7.37. The molecular formula is C39H46F2N8O6. The second-order valence-electron chi connectivity index (χ2n) is 14.4. The number of rotatable bonds is 12. The van der Waals surface area contributed by atoms with E-state index in [1.165, 1.54) is 11.8 Å². The Morgan fingerprint density at radius 2 is 1.18 bits per heavy atom. The van der Waals surface area contributed by atoms with Gasteiger partial charge in [0.05, 0.1) is 43.0 Å². The minimum Gasteiger partial charge on any atom is -0.465 e. The standard InChI is InChI=1S/C39H46F2N8O6/c1-21(2)31(46-38(52)53)36(50)48-17-5-7-29(48)34-42-19-27(44-34)25-13-9-23(10-14-25)24-11-15-26(16-12-24)28-20-43-35(45-28)30-8-6-18-49(30)37(51)32(22(3)33(40)41)47-39(54)55-4/h9-16,19-22,29-33,46H,5-8,17-18H2,1-4H3,(H,42,44)(H,43,45)(H,47,54)(H,52,53)/t22?,29-,30?,31-,32-/m0/s1. The number of methoxy groups -OCH3 is 1. The van der Waals surface area contributed by atoms with E-state index in [0.29, 0.717) is 37.6 Å². The summed E-state index contributed by atoms with van der Waals surface area (Å²) < 4.78 is 31.9. The first-order valence-corrected chi connectivity index (χ1v) is 18.4. The molecule has 5 N–H and O–H groups in total. The molecule has 6 rings (SSSR count). The Morgan fingerprint density at radius 1 is 0.745 bits per heavy atom. The van der Waals surface area contributed by atoms with E-state index in [-0.39, 0.29) is 17.9 Å². The lowest BCUT2D eigenvalue weighted by atomic mass is 10.0. The lowest BCUT2D eigenvalue weighted by Gasteiger charge is -2.30. The molecule has 2 aliphatic rings. The van der Waals surface area contributed by atoms with Crippen molar-refractivity contribution in [3.63, 3.8) is 0 Å². The summed E-state index contributed by atoms with van der Waals surface area (Å²) in [5.74, 6) is -1.29. The molecule has 0 aliphatic carbocycles. The molecule has 4 heterocycles. The van der Waals surface area contributed by atoms with Gasteiger partial charge >= 0.3 is 12.2 Å². The fourth-order valence-electron chi connectivity index (χ4n) is 7.37. The second kappa shape index (κ2) is 16.7. The number of carbonyl (C=O) groups is 4. The highest BCUT2D eigenvalue weighted by atomic mass is 19.3. The number of hydrogen-bond donors (Lipinski definition) is 5.